The Bertz CT molecular complexity index is 971. The summed E-state index contributed by atoms with van der Waals surface area (Å²) < 4.78 is 31.0. The Labute approximate surface area is 168 Å². The van der Waals surface area contributed by atoms with Crippen molar-refractivity contribution in [2.24, 2.45) is 0 Å². The average Bonchev–Trinajstić information content (AvgIpc) is 2.62. The molecule has 0 aliphatic rings. The summed E-state index contributed by atoms with van der Waals surface area (Å²) in [5.41, 5.74) is 0.878. The number of amides is 2. The minimum absolute atomic E-state index is 0.0522. The van der Waals surface area contributed by atoms with Crippen LogP contribution in [0, 0.1) is 0 Å². The minimum atomic E-state index is -3.91. The van der Waals surface area contributed by atoms with E-state index in [1.807, 2.05) is 11.6 Å². The minimum Gasteiger partial charge on any atom is -0.494 e. The van der Waals surface area contributed by atoms with Crippen molar-refractivity contribution in [1.82, 2.24) is 10.0 Å². The van der Waals surface area contributed by atoms with Crippen molar-refractivity contribution >= 4 is 44.9 Å². The van der Waals surface area contributed by atoms with E-state index in [-0.39, 0.29) is 10.0 Å². The molecule has 0 unspecified atom stereocenters. The highest BCUT2D eigenvalue weighted by Gasteiger charge is 2.15. The van der Waals surface area contributed by atoms with Crippen LogP contribution in [0.1, 0.15) is 24.2 Å². The molecule has 0 heterocycles. The fourth-order valence-corrected chi connectivity index (χ4v) is 3.37. The quantitative estimate of drug-likeness (QED) is 0.612. The van der Waals surface area contributed by atoms with E-state index in [9.17, 15) is 18.0 Å². The van der Waals surface area contributed by atoms with Gasteiger partial charge in [-0.25, -0.2) is 13.1 Å². The topological polar surface area (TPSA) is 114 Å². The average molecular weight is 422 g/mol. The van der Waals surface area contributed by atoms with Crippen molar-refractivity contribution in [3.05, 3.63) is 54.1 Å². The van der Waals surface area contributed by atoms with Gasteiger partial charge in [0.2, 0.25) is 5.91 Å². The van der Waals surface area contributed by atoms with Crippen LogP contribution in [0.5, 0.6) is 5.75 Å². The zero-order valence-corrected chi connectivity index (χ0v) is 16.8. The first-order valence-corrected chi connectivity index (χ1v) is 10.1. The summed E-state index contributed by atoms with van der Waals surface area (Å²) >= 11 is 5.10. The van der Waals surface area contributed by atoms with Crippen LogP contribution in [-0.4, -0.2) is 32.0 Å². The van der Waals surface area contributed by atoms with E-state index < -0.39 is 21.8 Å². The van der Waals surface area contributed by atoms with E-state index in [1.54, 1.807) is 24.3 Å². The fraction of sp³-hybridized carbons (Fsp3) is 0.167. The van der Waals surface area contributed by atoms with Crippen molar-refractivity contribution in [2.75, 3.05) is 11.9 Å². The second-order valence-electron chi connectivity index (χ2n) is 5.55. The predicted octanol–water partition coefficient (Wildman–Crippen LogP) is 2.04. The van der Waals surface area contributed by atoms with Gasteiger partial charge < -0.3 is 10.1 Å². The molecule has 2 aromatic rings. The number of anilines is 1. The van der Waals surface area contributed by atoms with E-state index in [2.05, 4.69) is 10.6 Å². The molecule has 2 rings (SSSR count). The van der Waals surface area contributed by atoms with E-state index in [0.29, 0.717) is 23.6 Å². The third kappa shape index (κ3) is 6.03. The van der Waals surface area contributed by atoms with Gasteiger partial charge in [0.15, 0.2) is 5.11 Å². The molecule has 0 aliphatic carbocycles. The monoisotopic (exact) mass is 421 g/mol. The summed E-state index contributed by atoms with van der Waals surface area (Å²) in [4.78, 5) is 23.1. The Morgan fingerprint density at radius 3 is 2.18 bits per heavy atom. The molecule has 0 radical (unpaired) electrons. The highest BCUT2D eigenvalue weighted by Crippen LogP contribution is 2.14. The zero-order chi connectivity index (χ0) is 20.7. The number of hydrogen-bond acceptors (Lipinski definition) is 6. The summed E-state index contributed by atoms with van der Waals surface area (Å²) in [5, 5.41) is 5.37. The lowest BCUT2D eigenvalue weighted by Gasteiger charge is -2.11. The summed E-state index contributed by atoms with van der Waals surface area (Å²) in [6.07, 6.45) is 0. The molecule has 0 fully saturated rings. The molecule has 0 saturated heterocycles. The van der Waals surface area contributed by atoms with Crippen LogP contribution in [-0.2, 0) is 14.8 Å². The van der Waals surface area contributed by atoms with Crippen molar-refractivity contribution < 1.29 is 22.7 Å². The predicted molar refractivity (Wildman–Crippen MR) is 109 cm³/mol. The normalized spacial score (nSPS) is 10.6. The zero-order valence-electron chi connectivity index (χ0n) is 15.2. The maximum atomic E-state index is 12.2. The van der Waals surface area contributed by atoms with Crippen LogP contribution in [0.4, 0.5) is 5.69 Å². The van der Waals surface area contributed by atoms with Gasteiger partial charge >= 0.3 is 0 Å². The van der Waals surface area contributed by atoms with Gasteiger partial charge in [0, 0.05) is 18.2 Å². The van der Waals surface area contributed by atoms with Crippen LogP contribution in [0.2, 0.25) is 0 Å². The molecule has 148 valence electrons. The van der Waals surface area contributed by atoms with Crippen LogP contribution >= 0.6 is 12.2 Å². The van der Waals surface area contributed by atoms with Gasteiger partial charge in [-0.1, -0.05) is 0 Å². The van der Waals surface area contributed by atoms with E-state index >= 15 is 0 Å². The third-order valence-electron chi connectivity index (χ3n) is 3.36. The van der Waals surface area contributed by atoms with Crippen LogP contribution < -0.4 is 20.1 Å². The molecule has 0 spiro atoms. The smallest absolute Gasteiger partial charge is 0.264 e. The SMILES string of the molecule is CCOc1ccc(C(=O)NC(=S)Nc2ccc(S(=O)(=O)NC(C)=O)cc2)cc1. The first-order valence-electron chi connectivity index (χ1n) is 8.20. The lowest BCUT2D eigenvalue weighted by atomic mass is 10.2. The van der Waals surface area contributed by atoms with Crippen molar-refractivity contribution in [1.29, 1.82) is 0 Å². The van der Waals surface area contributed by atoms with Crippen molar-refractivity contribution in [3.63, 3.8) is 0 Å². The van der Waals surface area contributed by atoms with E-state index in [4.69, 9.17) is 17.0 Å². The summed E-state index contributed by atoms with van der Waals surface area (Å²) in [7, 11) is -3.91. The van der Waals surface area contributed by atoms with Crippen molar-refractivity contribution in [3.8, 4) is 5.75 Å². The molecule has 2 amide bonds. The van der Waals surface area contributed by atoms with Gasteiger partial charge in [0.1, 0.15) is 5.75 Å². The Morgan fingerprint density at radius 2 is 1.64 bits per heavy atom. The van der Waals surface area contributed by atoms with Gasteiger partial charge in [-0.3, -0.25) is 14.9 Å². The van der Waals surface area contributed by atoms with E-state index in [1.165, 1.54) is 24.3 Å². The third-order valence-corrected chi connectivity index (χ3v) is 5.01. The number of benzene rings is 2. The molecule has 2 aromatic carbocycles. The van der Waals surface area contributed by atoms with Crippen LogP contribution in [0.25, 0.3) is 0 Å². The molecule has 3 N–H and O–H groups in total. The summed E-state index contributed by atoms with van der Waals surface area (Å²) in [5.74, 6) is -0.417. The molecule has 28 heavy (non-hydrogen) atoms. The Hall–Kier alpha value is -2.98. The van der Waals surface area contributed by atoms with Crippen molar-refractivity contribution in [2.45, 2.75) is 18.7 Å². The molecule has 10 heteroatoms. The molecular weight excluding hydrogens is 402 g/mol. The maximum Gasteiger partial charge on any atom is 0.264 e. The fourth-order valence-electron chi connectivity index (χ4n) is 2.17. The standard InChI is InChI=1S/C18H19N3O5S2/c1-3-26-15-8-4-13(5-9-15)17(23)20-18(27)19-14-6-10-16(11-7-14)28(24,25)21-12(2)22/h4-11H,3H2,1-2H3,(H,21,22)(H2,19,20,23,27). The Kier molecular flexibility index (Phi) is 7.07. The molecular formula is C18H19N3O5S2. The van der Waals surface area contributed by atoms with Crippen LogP contribution in [0.3, 0.4) is 0 Å². The van der Waals surface area contributed by atoms with Gasteiger partial charge in [0.25, 0.3) is 15.9 Å². The lowest BCUT2D eigenvalue weighted by molar-refractivity contribution is -0.117. The number of thiocarbonyl (C=S) groups is 1. The van der Waals surface area contributed by atoms with Gasteiger partial charge in [0.05, 0.1) is 11.5 Å². The second-order valence-corrected chi connectivity index (χ2v) is 7.64. The Balaban J connectivity index is 1.97. The Morgan fingerprint density at radius 1 is 1.04 bits per heavy atom. The highest BCUT2D eigenvalue weighted by atomic mass is 32.2. The molecule has 8 nitrogen and oxygen atoms in total. The highest BCUT2D eigenvalue weighted by molar-refractivity contribution is 7.90. The number of rotatable bonds is 6. The molecule has 0 atom stereocenters. The molecule has 0 aromatic heterocycles. The van der Waals surface area contributed by atoms with Gasteiger partial charge in [-0.2, -0.15) is 0 Å². The molecule has 0 saturated carbocycles. The molecule has 0 aliphatic heterocycles. The number of carbonyl (C=O) groups is 2. The maximum absolute atomic E-state index is 12.2. The number of sulfonamides is 1. The second kappa shape index (κ2) is 9.29. The largest absolute Gasteiger partial charge is 0.494 e. The summed E-state index contributed by atoms with van der Waals surface area (Å²) in [6.45, 7) is 3.51. The van der Waals surface area contributed by atoms with E-state index in [0.717, 1.165) is 6.92 Å². The van der Waals surface area contributed by atoms with Crippen LogP contribution in [0.15, 0.2) is 53.4 Å². The lowest BCUT2D eigenvalue weighted by Crippen LogP contribution is -2.34. The summed E-state index contributed by atoms with van der Waals surface area (Å²) in [6, 6.07) is 12.1. The molecule has 0 bridgehead atoms. The first-order chi connectivity index (χ1) is 13.2. The first kappa shape index (κ1) is 21.3. The number of carbonyl (C=O) groups excluding carboxylic acids is 2. The number of ether oxygens (including phenoxy) is 1. The van der Waals surface area contributed by atoms with Gasteiger partial charge in [-0.05, 0) is 67.7 Å². The number of hydrogen-bond donors (Lipinski definition) is 3. The number of nitrogens with one attached hydrogen (secondary N) is 3. The van der Waals surface area contributed by atoms with Gasteiger partial charge in [-0.15, -0.1) is 0 Å².